The Balaban J connectivity index is 2.15. The van der Waals surface area contributed by atoms with Crippen LogP contribution in [0.4, 0.5) is 0 Å². The van der Waals surface area contributed by atoms with Crippen LogP contribution in [-0.2, 0) is 4.79 Å². The summed E-state index contributed by atoms with van der Waals surface area (Å²) in [5, 5.41) is 14.8. The van der Waals surface area contributed by atoms with Crippen LogP contribution in [0.15, 0.2) is 41.3 Å². The Hall–Kier alpha value is -1.80. The Morgan fingerprint density at radius 1 is 1.41 bits per heavy atom. The minimum absolute atomic E-state index is 0.0550. The van der Waals surface area contributed by atoms with E-state index in [9.17, 15) is 4.79 Å². The lowest BCUT2D eigenvalue weighted by atomic mass is 10.1. The number of hydrogen-bond acceptors (Lipinski definition) is 3. The summed E-state index contributed by atoms with van der Waals surface area (Å²) in [5.41, 5.74) is 0.798. The highest BCUT2D eigenvalue weighted by Gasteiger charge is 2.16. The fraction of sp³-hybridized carbons (Fsp3) is 0.125. The maximum absolute atomic E-state index is 12.2. The molecule has 0 aliphatic carbocycles. The van der Waals surface area contributed by atoms with E-state index in [1.165, 1.54) is 11.3 Å². The van der Waals surface area contributed by atoms with Crippen LogP contribution >= 0.6 is 34.5 Å². The van der Waals surface area contributed by atoms with Crippen LogP contribution in [0.1, 0.15) is 23.4 Å². The molecule has 0 spiro atoms. The highest BCUT2D eigenvalue weighted by molar-refractivity contribution is 7.10. The summed E-state index contributed by atoms with van der Waals surface area (Å²) in [7, 11) is 0. The number of nitriles is 1. The van der Waals surface area contributed by atoms with Gasteiger partial charge in [-0.25, -0.2) is 0 Å². The lowest BCUT2D eigenvalue weighted by Crippen LogP contribution is -2.27. The van der Waals surface area contributed by atoms with Gasteiger partial charge in [0.05, 0.1) is 6.04 Å². The van der Waals surface area contributed by atoms with Gasteiger partial charge in [0.25, 0.3) is 5.91 Å². The molecule has 1 heterocycles. The van der Waals surface area contributed by atoms with Crippen LogP contribution in [-0.4, -0.2) is 5.91 Å². The number of nitrogens with one attached hydrogen (secondary N) is 1. The number of amides is 1. The van der Waals surface area contributed by atoms with Crippen LogP contribution in [0.5, 0.6) is 0 Å². The lowest BCUT2D eigenvalue weighted by molar-refractivity contribution is -0.117. The number of benzene rings is 1. The van der Waals surface area contributed by atoms with Gasteiger partial charge in [-0.1, -0.05) is 35.3 Å². The Morgan fingerprint density at radius 2 is 2.18 bits per heavy atom. The van der Waals surface area contributed by atoms with E-state index in [2.05, 4.69) is 5.32 Å². The number of nitrogens with zero attached hydrogens (tertiary/aromatic N) is 1. The topological polar surface area (TPSA) is 52.9 Å². The van der Waals surface area contributed by atoms with E-state index in [1.807, 2.05) is 23.6 Å². The molecule has 0 fully saturated rings. The third-order valence-electron chi connectivity index (χ3n) is 2.97. The van der Waals surface area contributed by atoms with E-state index >= 15 is 0 Å². The van der Waals surface area contributed by atoms with Crippen LogP contribution in [0.25, 0.3) is 6.08 Å². The van der Waals surface area contributed by atoms with Crippen molar-refractivity contribution in [3.8, 4) is 6.07 Å². The summed E-state index contributed by atoms with van der Waals surface area (Å²) in [6.07, 6.45) is 1.57. The Labute approximate surface area is 142 Å². The van der Waals surface area contributed by atoms with Crippen molar-refractivity contribution < 1.29 is 4.79 Å². The normalized spacial score (nSPS) is 12.5. The standard InChI is InChI=1S/C16H12Cl2N2OS/c1-10(14-5-4-12(17)8-15(14)18)20-16(21)11(9-19)7-13-3-2-6-22-13/h2-8,10H,1H3,(H,20,21)/b11-7-. The molecule has 0 bridgehead atoms. The van der Waals surface area contributed by atoms with Gasteiger partial charge >= 0.3 is 0 Å². The smallest absolute Gasteiger partial charge is 0.262 e. The summed E-state index contributed by atoms with van der Waals surface area (Å²) in [6, 6.07) is 10.4. The monoisotopic (exact) mass is 350 g/mol. The molecule has 0 aliphatic rings. The van der Waals surface area contributed by atoms with Crippen molar-refractivity contribution in [3.05, 3.63) is 61.8 Å². The number of carbonyl (C=O) groups is 1. The second-order valence-corrected chi connectivity index (χ2v) is 6.37. The molecule has 0 aliphatic heterocycles. The molecule has 1 amide bonds. The van der Waals surface area contributed by atoms with Gasteiger partial charge in [0.15, 0.2) is 0 Å². The molecule has 22 heavy (non-hydrogen) atoms. The number of carbonyl (C=O) groups excluding carboxylic acids is 1. The van der Waals surface area contributed by atoms with Gasteiger partial charge in [-0.2, -0.15) is 5.26 Å². The van der Waals surface area contributed by atoms with Gasteiger partial charge in [-0.3, -0.25) is 4.79 Å². The number of halogens is 2. The molecule has 112 valence electrons. The quantitative estimate of drug-likeness (QED) is 0.633. The fourth-order valence-electron chi connectivity index (χ4n) is 1.87. The molecule has 2 rings (SSSR count). The van der Waals surface area contributed by atoms with Crippen molar-refractivity contribution in [3.63, 3.8) is 0 Å². The molecule has 1 aromatic carbocycles. The average Bonchev–Trinajstić information content (AvgIpc) is 2.97. The molecule has 3 nitrogen and oxygen atoms in total. The van der Waals surface area contributed by atoms with Crippen LogP contribution in [0.2, 0.25) is 10.0 Å². The first-order chi connectivity index (χ1) is 10.5. The fourth-order valence-corrected chi connectivity index (χ4v) is 3.10. The molecule has 2 aromatic rings. The largest absolute Gasteiger partial charge is 0.345 e. The first-order valence-corrected chi connectivity index (χ1v) is 8.06. The molecular weight excluding hydrogens is 339 g/mol. The Morgan fingerprint density at radius 3 is 2.77 bits per heavy atom. The van der Waals surface area contributed by atoms with Crippen molar-refractivity contribution in [1.82, 2.24) is 5.32 Å². The van der Waals surface area contributed by atoms with Crippen LogP contribution < -0.4 is 5.32 Å². The maximum atomic E-state index is 12.2. The molecule has 1 N–H and O–H groups in total. The van der Waals surface area contributed by atoms with Crippen LogP contribution in [0.3, 0.4) is 0 Å². The number of hydrogen-bond donors (Lipinski definition) is 1. The SMILES string of the molecule is CC(NC(=O)/C(C#N)=C\c1cccs1)c1ccc(Cl)cc1Cl. The molecule has 1 aromatic heterocycles. The first kappa shape index (κ1) is 16.6. The number of thiophene rings is 1. The van der Waals surface area contributed by atoms with Crippen molar-refractivity contribution in [1.29, 1.82) is 5.26 Å². The highest BCUT2D eigenvalue weighted by Crippen LogP contribution is 2.26. The predicted molar refractivity (Wildman–Crippen MR) is 90.9 cm³/mol. The van der Waals surface area contributed by atoms with Crippen molar-refractivity contribution in [2.45, 2.75) is 13.0 Å². The zero-order chi connectivity index (χ0) is 16.1. The van der Waals surface area contributed by atoms with Crippen molar-refractivity contribution in [2.75, 3.05) is 0 Å². The number of rotatable bonds is 4. The van der Waals surface area contributed by atoms with E-state index in [4.69, 9.17) is 28.5 Å². The molecular formula is C16H12Cl2N2OS. The van der Waals surface area contributed by atoms with Gasteiger partial charge in [0.1, 0.15) is 11.6 Å². The van der Waals surface area contributed by atoms with E-state index in [1.54, 1.807) is 31.2 Å². The van der Waals surface area contributed by atoms with Crippen LogP contribution in [0, 0.1) is 11.3 Å². The molecule has 6 heteroatoms. The summed E-state index contributed by atoms with van der Waals surface area (Å²) >= 11 is 13.4. The van der Waals surface area contributed by atoms with E-state index in [0.29, 0.717) is 10.0 Å². The maximum Gasteiger partial charge on any atom is 0.262 e. The van der Waals surface area contributed by atoms with Gasteiger partial charge in [0.2, 0.25) is 0 Å². The summed E-state index contributed by atoms with van der Waals surface area (Å²) in [4.78, 5) is 13.0. The minimum Gasteiger partial charge on any atom is -0.345 e. The van der Waals surface area contributed by atoms with E-state index < -0.39 is 5.91 Å². The summed E-state index contributed by atoms with van der Waals surface area (Å²) in [6.45, 7) is 1.80. The third-order valence-corrected chi connectivity index (χ3v) is 4.35. The molecule has 0 radical (unpaired) electrons. The first-order valence-electron chi connectivity index (χ1n) is 6.42. The lowest BCUT2D eigenvalue weighted by Gasteiger charge is -2.15. The van der Waals surface area contributed by atoms with Gasteiger partial charge < -0.3 is 5.32 Å². The molecule has 1 unspecified atom stereocenters. The zero-order valence-corrected chi connectivity index (χ0v) is 14.0. The Kier molecular flexibility index (Phi) is 5.62. The van der Waals surface area contributed by atoms with Crippen molar-refractivity contribution in [2.24, 2.45) is 0 Å². The zero-order valence-electron chi connectivity index (χ0n) is 11.6. The van der Waals surface area contributed by atoms with Gasteiger partial charge in [0, 0.05) is 14.9 Å². The summed E-state index contributed by atoms with van der Waals surface area (Å²) in [5.74, 6) is -0.436. The third kappa shape index (κ3) is 4.11. The highest BCUT2D eigenvalue weighted by atomic mass is 35.5. The molecule has 1 atom stereocenters. The minimum atomic E-state index is -0.436. The average molecular weight is 351 g/mol. The van der Waals surface area contributed by atoms with Gasteiger partial charge in [-0.15, -0.1) is 11.3 Å². The Bertz CT molecular complexity index is 748. The van der Waals surface area contributed by atoms with Gasteiger partial charge in [-0.05, 0) is 42.1 Å². The second-order valence-electron chi connectivity index (χ2n) is 4.55. The second kappa shape index (κ2) is 7.46. The summed E-state index contributed by atoms with van der Waals surface area (Å²) < 4.78 is 0. The molecule has 0 saturated carbocycles. The predicted octanol–water partition coefficient (Wildman–Crippen LogP) is 4.84. The van der Waals surface area contributed by atoms with E-state index in [0.717, 1.165) is 10.4 Å². The van der Waals surface area contributed by atoms with E-state index in [-0.39, 0.29) is 11.6 Å². The molecule has 0 saturated heterocycles. The van der Waals surface area contributed by atoms with Crippen molar-refractivity contribution >= 4 is 46.5 Å².